The predicted molar refractivity (Wildman–Crippen MR) is 76.4 cm³/mol. The first-order chi connectivity index (χ1) is 8.33. The van der Waals surface area contributed by atoms with E-state index in [-0.39, 0.29) is 0 Å². The van der Waals surface area contributed by atoms with E-state index < -0.39 is 0 Å². The quantitative estimate of drug-likeness (QED) is 0.564. The molecule has 0 aliphatic heterocycles. The summed E-state index contributed by atoms with van der Waals surface area (Å²) >= 11 is 5.85. The third kappa shape index (κ3) is 2.27. The summed E-state index contributed by atoms with van der Waals surface area (Å²) in [7, 11) is 3.46. The molecule has 0 bridgehead atoms. The first-order valence-electron chi connectivity index (χ1n) is 5.11. The molecule has 3 rings (SSSR count). The van der Waals surface area contributed by atoms with E-state index in [0.717, 1.165) is 15.4 Å². The lowest BCUT2D eigenvalue weighted by molar-refractivity contribution is 1.43. The predicted octanol–water partition coefficient (Wildman–Crippen LogP) is 4.85. The summed E-state index contributed by atoms with van der Waals surface area (Å²) in [6.07, 6.45) is 0. The minimum Gasteiger partial charge on any atom is -0.237 e. The highest BCUT2D eigenvalue weighted by Crippen LogP contribution is 2.21. The Hall–Kier alpha value is -1.16. The highest BCUT2D eigenvalue weighted by molar-refractivity contribution is 7.71. The summed E-state index contributed by atoms with van der Waals surface area (Å²) in [5.41, 5.74) is 0.939. The Balaban J connectivity index is 2.18. The van der Waals surface area contributed by atoms with E-state index in [9.17, 15) is 0 Å². The van der Waals surface area contributed by atoms with Crippen LogP contribution in [0.5, 0.6) is 0 Å². The largest absolute Gasteiger partial charge is 0.237 e. The molecule has 0 atom stereocenters. The van der Waals surface area contributed by atoms with Crippen LogP contribution >= 0.6 is 32.3 Å². The molecule has 1 heterocycles. The second kappa shape index (κ2) is 4.61. The number of hydrogen-bond acceptors (Lipinski definition) is 3. The van der Waals surface area contributed by atoms with Crippen LogP contribution in [0.15, 0.2) is 53.5 Å². The van der Waals surface area contributed by atoms with Crippen molar-refractivity contribution >= 4 is 48.1 Å². The molecule has 2 aromatic carbocycles. The van der Waals surface area contributed by atoms with Crippen molar-refractivity contribution in [3.8, 4) is 0 Å². The highest BCUT2D eigenvalue weighted by atomic mass is 35.5. The molecule has 0 amide bonds. The Morgan fingerprint density at radius 2 is 1.65 bits per heavy atom. The van der Waals surface area contributed by atoms with Crippen molar-refractivity contribution in [2.75, 3.05) is 0 Å². The summed E-state index contributed by atoms with van der Waals surface area (Å²) in [5, 5.41) is 1.96. The van der Waals surface area contributed by atoms with E-state index in [1.165, 1.54) is 10.1 Å². The maximum atomic E-state index is 5.85. The molecule has 0 aliphatic rings. The van der Waals surface area contributed by atoms with Crippen LogP contribution in [-0.4, -0.2) is 0 Å². The minimum atomic E-state index is 0.739. The van der Waals surface area contributed by atoms with Gasteiger partial charge in [0.05, 0.1) is 5.69 Å². The number of benzene rings is 2. The fourth-order valence-corrected chi connectivity index (χ4v) is 4.04. The fraction of sp³-hybridized carbons (Fsp3) is 0. The van der Waals surface area contributed by atoms with E-state index in [1.807, 2.05) is 30.3 Å². The third-order valence-corrected chi connectivity index (χ3v) is 4.99. The molecule has 1 nitrogen and oxygen atoms in total. The molecule has 0 unspecified atom stereocenters. The number of halogens is 1. The minimum absolute atomic E-state index is 0.739. The lowest BCUT2D eigenvalue weighted by Gasteiger charge is -1.92. The van der Waals surface area contributed by atoms with Gasteiger partial charge < -0.3 is 0 Å². The number of nitrogens with zero attached hydrogens (tertiary/aromatic N) is 1. The smallest absolute Gasteiger partial charge is 0.135 e. The molecule has 0 fully saturated rings. The van der Waals surface area contributed by atoms with Gasteiger partial charge in [-0.05, 0) is 30.3 Å². The molecule has 84 valence electrons. The van der Waals surface area contributed by atoms with E-state index in [0.29, 0.717) is 0 Å². The second-order valence-electron chi connectivity index (χ2n) is 3.56. The van der Waals surface area contributed by atoms with E-state index >= 15 is 0 Å². The third-order valence-electron chi connectivity index (χ3n) is 2.39. The van der Waals surface area contributed by atoms with Gasteiger partial charge in [0.15, 0.2) is 0 Å². The van der Waals surface area contributed by atoms with Gasteiger partial charge in [-0.25, -0.2) is 4.99 Å². The van der Waals surface area contributed by atoms with Crippen LogP contribution in [0.2, 0.25) is 5.02 Å². The van der Waals surface area contributed by atoms with Gasteiger partial charge in [0.25, 0.3) is 0 Å². The fourth-order valence-electron chi connectivity index (χ4n) is 1.56. The Morgan fingerprint density at radius 3 is 2.47 bits per heavy atom. The van der Waals surface area contributed by atoms with Crippen molar-refractivity contribution in [2.45, 2.75) is 0 Å². The van der Waals surface area contributed by atoms with Crippen LogP contribution in [0.25, 0.3) is 10.1 Å². The lowest BCUT2D eigenvalue weighted by atomic mass is 10.3. The zero-order chi connectivity index (χ0) is 11.7. The first-order valence-corrected chi connectivity index (χ1v) is 7.64. The van der Waals surface area contributed by atoms with Gasteiger partial charge in [0, 0.05) is 15.1 Å². The molecule has 0 spiro atoms. The molecule has 4 heteroatoms. The molecule has 0 aliphatic carbocycles. The summed E-state index contributed by atoms with van der Waals surface area (Å²) in [6, 6.07) is 15.9. The van der Waals surface area contributed by atoms with Crippen LogP contribution in [0.3, 0.4) is 0 Å². The molecular formula is C13H8ClNS2. The Bertz CT molecular complexity index is 710. The van der Waals surface area contributed by atoms with Crippen LogP contribution in [0.1, 0.15) is 0 Å². The molecule has 0 radical (unpaired) electrons. The maximum absolute atomic E-state index is 5.85. The zero-order valence-corrected chi connectivity index (χ0v) is 11.1. The summed E-state index contributed by atoms with van der Waals surface area (Å²) in [4.78, 5) is 4.64. The highest BCUT2D eigenvalue weighted by Gasteiger charge is 1.98. The molecule has 3 aromatic rings. The number of hydrogen-bond donors (Lipinski definition) is 0. The van der Waals surface area contributed by atoms with Crippen molar-refractivity contribution < 1.29 is 0 Å². The van der Waals surface area contributed by atoms with Gasteiger partial charge in [0.1, 0.15) is 4.67 Å². The van der Waals surface area contributed by atoms with Gasteiger partial charge in [0.2, 0.25) is 0 Å². The summed E-state index contributed by atoms with van der Waals surface area (Å²) < 4.78 is 2.35. The molecule has 1 aromatic heterocycles. The monoisotopic (exact) mass is 277 g/mol. The number of fused-ring (bicyclic) bond motifs is 1. The van der Waals surface area contributed by atoms with Gasteiger partial charge in [-0.3, -0.25) is 0 Å². The maximum Gasteiger partial charge on any atom is 0.135 e. The van der Waals surface area contributed by atoms with Crippen LogP contribution < -0.4 is 4.67 Å². The van der Waals surface area contributed by atoms with E-state index in [2.05, 4.69) is 23.2 Å². The average molecular weight is 278 g/mol. The molecule has 0 saturated heterocycles. The van der Waals surface area contributed by atoms with Gasteiger partial charge >= 0.3 is 0 Å². The molecule has 0 N–H and O–H groups in total. The van der Waals surface area contributed by atoms with Gasteiger partial charge in [-0.2, -0.15) is 0 Å². The second-order valence-corrected chi connectivity index (χ2v) is 6.15. The molecular weight excluding hydrogens is 270 g/mol. The van der Waals surface area contributed by atoms with Crippen molar-refractivity contribution in [2.24, 2.45) is 4.99 Å². The average Bonchev–Trinajstić information content (AvgIpc) is 2.76. The standard InChI is InChI=1S/C13H8ClNS2/c14-9-5-7-10(8-6-9)15-13-11-3-1-2-4-12(11)16-17-13/h1-8H. The summed E-state index contributed by atoms with van der Waals surface area (Å²) in [6.45, 7) is 0. The van der Waals surface area contributed by atoms with Crippen LogP contribution in [0, 0.1) is 0 Å². The Labute approximate surface area is 111 Å². The summed E-state index contributed by atoms with van der Waals surface area (Å²) in [5.74, 6) is 0. The van der Waals surface area contributed by atoms with E-state index in [1.54, 1.807) is 20.7 Å². The lowest BCUT2D eigenvalue weighted by Crippen LogP contribution is -1.91. The molecule has 0 saturated carbocycles. The normalized spacial score (nSPS) is 12.2. The van der Waals surface area contributed by atoms with E-state index in [4.69, 9.17) is 11.6 Å². The number of rotatable bonds is 1. The van der Waals surface area contributed by atoms with Crippen LogP contribution in [-0.2, 0) is 0 Å². The zero-order valence-electron chi connectivity index (χ0n) is 8.76. The SMILES string of the molecule is Clc1ccc(N=c2ssc3ccccc23)cc1. The van der Waals surface area contributed by atoms with Crippen molar-refractivity contribution in [1.82, 2.24) is 0 Å². The molecule has 17 heavy (non-hydrogen) atoms. The van der Waals surface area contributed by atoms with Crippen molar-refractivity contribution in [3.05, 3.63) is 58.2 Å². The van der Waals surface area contributed by atoms with Gasteiger partial charge in [-0.1, -0.05) is 50.5 Å². The van der Waals surface area contributed by atoms with Crippen molar-refractivity contribution in [1.29, 1.82) is 0 Å². The Morgan fingerprint density at radius 1 is 0.882 bits per heavy atom. The van der Waals surface area contributed by atoms with Gasteiger partial charge in [-0.15, -0.1) is 0 Å². The Kier molecular flexibility index (Phi) is 2.97. The topological polar surface area (TPSA) is 12.4 Å². The van der Waals surface area contributed by atoms with Crippen molar-refractivity contribution in [3.63, 3.8) is 0 Å². The van der Waals surface area contributed by atoms with Crippen LogP contribution in [0.4, 0.5) is 5.69 Å². The first kappa shape index (κ1) is 11.0.